The largest absolute Gasteiger partial charge is 0.480 e. The first-order valence-corrected chi connectivity index (χ1v) is 6.70. The van der Waals surface area contributed by atoms with Crippen molar-refractivity contribution in [3.8, 4) is 0 Å². The third-order valence-corrected chi connectivity index (χ3v) is 3.44. The van der Waals surface area contributed by atoms with E-state index in [1.807, 2.05) is 24.7 Å². The molecule has 0 saturated heterocycles. The van der Waals surface area contributed by atoms with Crippen molar-refractivity contribution in [2.45, 2.75) is 31.0 Å². The second-order valence-corrected chi connectivity index (χ2v) is 4.86. The molecule has 17 heavy (non-hydrogen) atoms. The number of carbonyl (C=O) groups is 1. The summed E-state index contributed by atoms with van der Waals surface area (Å²) in [5.41, 5.74) is 0. The minimum atomic E-state index is -0.779. The van der Waals surface area contributed by atoms with Crippen LogP contribution in [0.2, 0.25) is 0 Å². The molecule has 1 unspecified atom stereocenters. The van der Waals surface area contributed by atoms with Gasteiger partial charge in [-0.1, -0.05) is 18.7 Å². The Morgan fingerprint density at radius 1 is 1.71 bits per heavy atom. The summed E-state index contributed by atoms with van der Waals surface area (Å²) in [6.45, 7) is 2.76. The van der Waals surface area contributed by atoms with Crippen molar-refractivity contribution in [2.75, 3.05) is 12.3 Å². The highest BCUT2D eigenvalue weighted by atomic mass is 32.2. The van der Waals surface area contributed by atoms with Crippen LogP contribution in [0.15, 0.2) is 17.6 Å². The maximum Gasteiger partial charge on any atom is 0.320 e. The normalized spacial score (nSPS) is 12.6. The molecule has 6 heteroatoms. The van der Waals surface area contributed by atoms with E-state index in [-0.39, 0.29) is 0 Å². The molecule has 0 spiro atoms. The number of carboxylic acid groups (broad SMARTS) is 1. The van der Waals surface area contributed by atoms with E-state index in [0.717, 1.165) is 23.9 Å². The molecule has 96 valence electrons. The van der Waals surface area contributed by atoms with Gasteiger partial charge in [-0.15, -0.1) is 0 Å². The van der Waals surface area contributed by atoms with Gasteiger partial charge in [0.05, 0.1) is 0 Å². The molecule has 0 radical (unpaired) electrons. The van der Waals surface area contributed by atoms with Crippen LogP contribution in [0.3, 0.4) is 0 Å². The highest BCUT2D eigenvalue weighted by Gasteiger charge is 2.16. The lowest BCUT2D eigenvalue weighted by Gasteiger charge is -2.13. The van der Waals surface area contributed by atoms with E-state index in [9.17, 15) is 4.79 Å². The average molecular weight is 257 g/mol. The highest BCUT2D eigenvalue weighted by Crippen LogP contribution is 2.16. The van der Waals surface area contributed by atoms with Gasteiger partial charge in [0.2, 0.25) is 0 Å². The Morgan fingerprint density at radius 3 is 3.00 bits per heavy atom. The predicted molar refractivity (Wildman–Crippen MR) is 68.3 cm³/mol. The lowest BCUT2D eigenvalue weighted by atomic mass is 10.2. The Hall–Kier alpha value is -1.01. The van der Waals surface area contributed by atoms with Gasteiger partial charge in [-0.05, 0) is 19.4 Å². The van der Waals surface area contributed by atoms with Crippen molar-refractivity contribution in [1.29, 1.82) is 0 Å². The van der Waals surface area contributed by atoms with Gasteiger partial charge in [-0.25, -0.2) is 4.98 Å². The van der Waals surface area contributed by atoms with Crippen molar-refractivity contribution in [3.05, 3.63) is 12.4 Å². The minimum absolute atomic E-state index is 0.456. The van der Waals surface area contributed by atoms with Gasteiger partial charge in [-0.3, -0.25) is 4.79 Å². The number of aryl methyl sites for hydroxylation is 1. The maximum atomic E-state index is 11.0. The monoisotopic (exact) mass is 257 g/mol. The Bertz CT molecular complexity index is 354. The maximum absolute atomic E-state index is 11.0. The molecule has 0 aromatic carbocycles. The van der Waals surface area contributed by atoms with Crippen LogP contribution < -0.4 is 5.32 Å². The summed E-state index contributed by atoms with van der Waals surface area (Å²) in [6, 6.07) is -0.456. The molecule has 0 fully saturated rings. The van der Waals surface area contributed by atoms with E-state index in [0.29, 0.717) is 6.42 Å². The molecular formula is C11H19N3O2S. The summed E-state index contributed by atoms with van der Waals surface area (Å²) in [5.74, 6) is -0.0303. The van der Waals surface area contributed by atoms with Crippen molar-refractivity contribution >= 4 is 17.7 Å². The summed E-state index contributed by atoms with van der Waals surface area (Å²) in [5, 5.41) is 13.0. The molecule has 0 saturated carbocycles. The standard InChI is InChI=1S/C11H19N3O2S/c1-3-5-12-9(10(15)16)4-8-17-11-13-6-7-14(11)2/h6-7,9,12H,3-5,8H2,1-2H3,(H,15,16). The third kappa shape index (κ3) is 4.79. The van der Waals surface area contributed by atoms with Crippen LogP contribution in [0, 0.1) is 0 Å². The molecular weight excluding hydrogens is 238 g/mol. The smallest absolute Gasteiger partial charge is 0.320 e. The molecule has 1 aromatic rings. The first kappa shape index (κ1) is 14.1. The third-order valence-electron chi connectivity index (χ3n) is 2.35. The Kier molecular flexibility index (Phi) is 6.07. The summed E-state index contributed by atoms with van der Waals surface area (Å²) >= 11 is 1.58. The molecule has 1 aromatic heterocycles. The molecule has 0 aliphatic carbocycles. The van der Waals surface area contributed by atoms with Crippen LogP contribution >= 0.6 is 11.8 Å². The number of thioether (sulfide) groups is 1. The van der Waals surface area contributed by atoms with Crippen LogP contribution in [0.4, 0.5) is 0 Å². The molecule has 5 nitrogen and oxygen atoms in total. The Balaban J connectivity index is 2.32. The molecule has 0 bridgehead atoms. The van der Waals surface area contributed by atoms with Crippen molar-refractivity contribution in [2.24, 2.45) is 7.05 Å². The molecule has 1 rings (SSSR count). The molecule has 1 heterocycles. The van der Waals surface area contributed by atoms with Crippen molar-refractivity contribution < 1.29 is 9.90 Å². The Labute approximate surface area is 106 Å². The number of carboxylic acids is 1. The first-order valence-electron chi connectivity index (χ1n) is 5.71. The van der Waals surface area contributed by atoms with E-state index < -0.39 is 12.0 Å². The van der Waals surface area contributed by atoms with E-state index in [4.69, 9.17) is 5.11 Å². The van der Waals surface area contributed by atoms with E-state index >= 15 is 0 Å². The fourth-order valence-electron chi connectivity index (χ4n) is 1.39. The summed E-state index contributed by atoms with van der Waals surface area (Å²) in [6.07, 6.45) is 5.17. The van der Waals surface area contributed by atoms with E-state index in [1.54, 1.807) is 18.0 Å². The number of imidazole rings is 1. The fraction of sp³-hybridized carbons (Fsp3) is 0.636. The number of aromatic nitrogens is 2. The van der Waals surface area contributed by atoms with Crippen LogP contribution in [0.1, 0.15) is 19.8 Å². The van der Waals surface area contributed by atoms with Gasteiger partial charge in [0, 0.05) is 25.2 Å². The van der Waals surface area contributed by atoms with E-state index in [2.05, 4.69) is 10.3 Å². The number of nitrogens with one attached hydrogen (secondary N) is 1. The zero-order valence-electron chi connectivity index (χ0n) is 10.2. The molecule has 0 amide bonds. The molecule has 2 N–H and O–H groups in total. The van der Waals surface area contributed by atoms with Gasteiger partial charge >= 0.3 is 5.97 Å². The predicted octanol–water partition coefficient (Wildman–Crippen LogP) is 1.36. The summed E-state index contributed by atoms with van der Waals surface area (Å²) in [7, 11) is 1.93. The quantitative estimate of drug-likeness (QED) is 0.688. The van der Waals surface area contributed by atoms with Crippen molar-refractivity contribution in [1.82, 2.24) is 14.9 Å². The average Bonchev–Trinajstić information content (AvgIpc) is 2.69. The second kappa shape index (κ2) is 7.34. The van der Waals surface area contributed by atoms with Crippen LogP contribution in [-0.2, 0) is 11.8 Å². The minimum Gasteiger partial charge on any atom is -0.480 e. The van der Waals surface area contributed by atoms with E-state index in [1.165, 1.54) is 0 Å². The SMILES string of the molecule is CCCNC(CCSc1nccn1C)C(=O)O. The number of nitrogens with zero attached hydrogens (tertiary/aromatic N) is 2. The lowest BCUT2D eigenvalue weighted by Crippen LogP contribution is -2.37. The zero-order chi connectivity index (χ0) is 12.7. The van der Waals surface area contributed by atoms with Gasteiger partial charge in [-0.2, -0.15) is 0 Å². The van der Waals surface area contributed by atoms with Gasteiger partial charge < -0.3 is 15.0 Å². The zero-order valence-corrected chi connectivity index (χ0v) is 11.0. The molecule has 0 aliphatic rings. The summed E-state index contributed by atoms with van der Waals surface area (Å²) in [4.78, 5) is 15.1. The van der Waals surface area contributed by atoms with Crippen LogP contribution in [-0.4, -0.2) is 39.0 Å². The topological polar surface area (TPSA) is 67.2 Å². The second-order valence-electron chi connectivity index (χ2n) is 3.80. The van der Waals surface area contributed by atoms with Crippen LogP contribution in [0.25, 0.3) is 0 Å². The molecule has 0 aliphatic heterocycles. The number of aliphatic carboxylic acids is 1. The first-order chi connectivity index (χ1) is 8.15. The molecule has 1 atom stereocenters. The lowest BCUT2D eigenvalue weighted by molar-refractivity contribution is -0.139. The number of rotatable bonds is 8. The Morgan fingerprint density at radius 2 is 2.47 bits per heavy atom. The van der Waals surface area contributed by atoms with Gasteiger partial charge in [0.25, 0.3) is 0 Å². The highest BCUT2D eigenvalue weighted by molar-refractivity contribution is 7.99. The van der Waals surface area contributed by atoms with Crippen molar-refractivity contribution in [3.63, 3.8) is 0 Å². The summed E-state index contributed by atoms with van der Waals surface area (Å²) < 4.78 is 1.93. The van der Waals surface area contributed by atoms with Gasteiger partial charge in [0.1, 0.15) is 6.04 Å². The van der Waals surface area contributed by atoms with Crippen LogP contribution in [0.5, 0.6) is 0 Å². The fourth-order valence-corrected chi connectivity index (χ4v) is 2.33. The van der Waals surface area contributed by atoms with Gasteiger partial charge in [0.15, 0.2) is 5.16 Å². The number of hydrogen-bond donors (Lipinski definition) is 2. The number of hydrogen-bond acceptors (Lipinski definition) is 4.